The van der Waals surface area contributed by atoms with Gasteiger partial charge in [-0.25, -0.2) is 0 Å². The third kappa shape index (κ3) is 3.37. The van der Waals surface area contributed by atoms with E-state index in [4.69, 9.17) is 16.3 Å². The molecule has 0 bridgehead atoms. The molecule has 4 heteroatoms. The molecule has 0 saturated heterocycles. The van der Waals surface area contributed by atoms with Crippen LogP contribution in [0.5, 0.6) is 5.75 Å². The second kappa shape index (κ2) is 6.30. The Bertz CT molecular complexity index is 638. The van der Waals surface area contributed by atoms with E-state index >= 15 is 0 Å². The normalized spacial score (nSPS) is 14.6. The molecule has 2 aromatic rings. The van der Waals surface area contributed by atoms with Gasteiger partial charge < -0.3 is 9.84 Å². The lowest BCUT2D eigenvalue weighted by Gasteiger charge is -2.10. The van der Waals surface area contributed by atoms with Crippen molar-refractivity contribution in [2.75, 3.05) is 6.61 Å². The molecule has 3 rings (SSSR count). The minimum absolute atomic E-state index is 0.423. The van der Waals surface area contributed by atoms with Gasteiger partial charge in [0.05, 0.1) is 12.7 Å². The number of aliphatic hydroxyl groups excluding tert-OH is 1. The van der Waals surface area contributed by atoms with Gasteiger partial charge in [-0.05, 0) is 42.3 Å². The van der Waals surface area contributed by atoms with E-state index in [1.165, 1.54) is 10.5 Å². The van der Waals surface area contributed by atoms with Gasteiger partial charge in [0.2, 0.25) is 0 Å². The van der Waals surface area contributed by atoms with E-state index in [1.54, 1.807) is 18.7 Å². The second-order valence-corrected chi connectivity index (χ2v) is 6.67. The molecule has 1 heterocycles. The number of halogens is 1. The highest BCUT2D eigenvalue weighted by molar-refractivity contribution is 7.98. The summed E-state index contributed by atoms with van der Waals surface area (Å²) in [6.07, 6.45) is 0.519. The van der Waals surface area contributed by atoms with Gasteiger partial charge in [-0.2, -0.15) is 0 Å². The molecule has 0 amide bonds. The van der Waals surface area contributed by atoms with Gasteiger partial charge in [-0.15, -0.1) is 11.8 Å². The maximum atomic E-state index is 9.52. The first-order valence-corrected chi connectivity index (χ1v) is 8.35. The number of ether oxygens (including phenoxy) is 1. The number of rotatable bonds is 4. The number of hydrogen-bond donors (Lipinski definition) is 1. The monoisotopic (exact) mass is 320 g/mol. The SMILES string of the molecule is CC(O)c1ccc(SCc2cc(Cl)cc3c2OCC3)cc1. The zero-order chi connectivity index (χ0) is 14.8. The van der Waals surface area contributed by atoms with Crippen LogP contribution < -0.4 is 4.74 Å². The molecule has 0 spiro atoms. The Balaban J connectivity index is 1.73. The predicted molar refractivity (Wildman–Crippen MR) is 87.3 cm³/mol. The van der Waals surface area contributed by atoms with E-state index in [1.807, 2.05) is 36.4 Å². The first-order valence-electron chi connectivity index (χ1n) is 6.98. The fraction of sp³-hybridized carbons (Fsp3) is 0.294. The van der Waals surface area contributed by atoms with Crippen molar-refractivity contribution < 1.29 is 9.84 Å². The van der Waals surface area contributed by atoms with Crippen LogP contribution in [0.3, 0.4) is 0 Å². The van der Waals surface area contributed by atoms with Crippen LogP contribution in [-0.2, 0) is 12.2 Å². The molecule has 110 valence electrons. The Morgan fingerprint density at radius 1 is 1.29 bits per heavy atom. The molecule has 0 fully saturated rings. The number of fused-ring (bicyclic) bond motifs is 1. The molecular formula is C17H17ClO2S. The average molecular weight is 321 g/mol. The van der Waals surface area contributed by atoms with Gasteiger partial charge in [0, 0.05) is 27.7 Å². The van der Waals surface area contributed by atoms with Crippen molar-refractivity contribution in [2.45, 2.75) is 30.1 Å². The summed E-state index contributed by atoms with van der Waals surface area (Å²) in [5.41, 5.74) is 3.30. The molecule has 1 aliphatic heterocycles. The van der Waals surface area contributed by atoms with Crippen LogP contribution in [0, 0.1) is 0 Å². The Morgan fingerprint density at radius 3 is 2.76 bits per heavy atom. The van der Waals surface area contributed by atoms with Crippen molar-refractivity contribution in [1.82, 2.24) is 0 Å². The number of aliphatic hydroxyl groups is 1. The van der Waals surface area contributed by atoms with Gasteiger partial charge in [0.1, 0.15) is 5.75 Å². The van der Waals surface area contributed by atoms with Gasteiger partial charge in [0.25, 0.3) is 0 Å². The second-order valence-electron chi connectivity index (χ2n) is 5.19. The van der Waals surface area contributed by atoms with E-state index in [0.717, 1.165) is 40.7 Å². The lowest BCUT2D eigenvalue weighted by atomic mass is 10.1. The summed E-state index contributed by atoms with van der Waals surface area (Å²) in [6, 6.07) is 12.0. The highest BCUT2D eigenvalue weighted by Crippen LogP contribution is 2.36. The third-order valence-corrected chi connectivity index (χ3v) is 4.86. The fourth-order valence-corrected chi connectivity index (χ4v) is 3.59. The molecule has 1 unspecified atom stereocenters. The molecule has 2 nitrogen and oxygen atoms in total. The van der Waals surface area contributed by atoms with E-state index in [2.05, 4.69) is 0 Å². The van der Waals surface area contributed by atoms with Crippen LogP contribution in [-0.4, -0.2) is 11.7 Å². The maximum absolute atomic E-state index is 9.52. The van der Waals surface area contributed by atoms with Crippen LogP contribution >= 0.6 is 23.4 Å². The van der Waals surface area contributed by atoms with Gasteiger partial charge >= 0.3 is 0 Å². The Hall–Kier alpha value is -1.16. The van der Waals surface area contributed by atoms with Crippen LogP contribution in [0.15, 0.2) is 41.3 Å². The van der Waals surface area contributed by atoms with Crippen molar-refractivity contribution in [3.63, 3.8) is 0 Å². The van der Waals surface area contributed by atoms with Crippen LogP contribution in [0.1, 0.15) is 29.7 Å². The maximum Gasteiger partial charge on any atom is 0.126 e. The molecule has 0 aromatic heterocycles. The van der Waals surface area contributed by atoms with Crippen molar-refractivity contribution in [3.8, 4) is 5.75 Å². The van der Waals surface area contributed by atoms with Crippen LogP contribution in [0.2, 0.25) is 5.02 Å². The van der Waals surface area contributed by atoms with Crippen molar-refractivity contribution in [2.24, 2.45) is 0 Å². The summed E-state index contributed by atoms with van der Waals surface area (Å²) < 4.78 is 5.72. The smallest absolute Gasteiger partial charge is 0.126 e. The van der Waals surface area contributed by atoms with Crippen molar-refractivity contribution in [3.05, 3.63) is 58.1 Å². The zero-order valence-electron chi connectivity index (χ0n) is 11.8. The van der Waals surface area contributed by atoms with E-state index < -0.39 is 6.10 Å². The zero-order valence-corrected chi connectivity index (χ0v) is 13.4. The topological polar surface area (TPSA) is 29.5 Å². The number of benzene rings is 2. The lowest BCUT2D eigenvalue weighted by molar-refractivity contribution is 0.199. The Morgan fingerprint density at radius 2 is 2.05 bits per heavy atom. The highest BCUT2D eigenvalue weighted by Gasteiger charge is 2.17. The molecule has 0 radical (unpaired) electrons. The van der Waals surface area contributed by atoms with Gasteiger partial charge in [-0.1, -0.05) is 23.7 Å². The minimum Gasteiger partial charge on any atom is -0.493 e. The van der Waals surface area contributed by atoms with Crippen molar-refractivity contribution >= 4 is 23.4 Å². The highest BCUT2D eigenvalue weighted by atomic mass is 35.5. The first kappa shape index (κ1) is 14.8. The Kier molecular flexibility index (Phi) is 4.43. The molecule has 2 aromatic carbocycles. The molecule has 0 saturated carbocycles. The predicted octanol–water partition coefficient (Wildman–Crippen LogP) is 4.62. The molecular weight excluding hydrogens is 304 g/mol. The lowest BCUT2D eigenvalue weighted by Crippen LogP contribution is -1.91. The third-order valence-electron chi connectivity index (χ3n) is 3.58. The molecule has 1 atom stereocenters. The molecule has 1 aliphatic rings. The summed E-state index contributed by atoms with van der Waals surface area (Å²) in [5, 5.41) is 10.3. The fourth-order valence-electron chi connectivity index (χ4n) is 2.46. The molecule has 1 N–H and O–H groups in total. The Labute approximate surface area is 134 Å². The summed E-state index contributed by atoms with van der Waals surface area (Å²) in [4.78, 5) is 1.17. The summed E-state index contributed by atoms with van der Waals surface area (Å²) in [7, 11) is 0. The first-order chi connectivity index (χ1) is 10.1. The largest absolute Gasteiger partial charge is 0.493 e. The van der Waals surface area contributed by atoms with Gasteiger partial charge in [-0.3, -0.25) is 0 Å². The van der Waals surface area contributed by atoms with Crippen LogP contribution in [0.25, 0.3) is 0 Å². The quantitative estimate of drug-likeness (QED) is 0.833. The summed E-state index contributed by atoms with van der Waals surface area (Å²) in [5.74, 6) is 1.84. The number of thioether (sulfide) groups is 1. The summed E-state index contributed by atoms with van der Waals surface area (Å²) in [6.45, 7) is 2.52. The molecule has 21 heavy (non-hydrogen) atoms. The van der Waals surface area contributed by atoms with E-state index in [-0.39, 0.29) is 0 Å². The van der Waals surface area contributed by atoms with E-state index in [0.29, 0.717) is 0 Å². The number of hydrogen-bond acceptors (Lipinski definition) is 3. The van der Waals surface area contributed by atoms with Gasteiger partial charge in [0.15, 0.2) is 0 Å². The average Bonchev–Trinajstić information content (AvgIpc) is 2.93. The standard InChI is InChI=1S/C17H17ClO2S/c1-11(19)12-2-4-16(5-3-12)21-10-14-9-15(18)8-13-6-7-20-17(13)14/h2-5,8-9,11,19H,6-7,10H2,1H3. The molecule has 0 aliphatic carbocycles. The summed E-state index contributed by atoms with van der Waals surface area (Å²) >= 11 is 7.92. The van der Waals surface area contributed by atoms with Crippen molar-refractivity contribution in [1.29, 1.82) is 0 Å². The van der Waals surface area contributed by atoms with Crippen LogP contribution in [0.4, 0.5) is 0 Å². The minimum atomic E-state index is -0.423. The van der Waals surface area contributed by atoms with E-state index in [9.17, 15) is 5.11 Å².